The van der Waals surface area contributed by atoms with Crippen molar-refractivity contribution >= 4 is 11.6 Å². The quantitative estimate of drug-likeness (QED) is 0.876. The summed E-state index contributed by atoms with van der Waals surface area (Å²) in [5.41, 5.74) is 1.27. The molecular formula is C14H20ClNO. The first-order valence-corrected chi connectivity index (χ1v) is 6.50. The molecule has 0 aromatic heterocycles. The van der Waals surface area contributed by atoms with Crippen LogP contribution in [0.3, 0.4) is 0 Å². The van der Waals surface area contributed by atoms with Gasteiger partial charge in [0.25, 0.3) is 0 Å². The van der Waals surface area contributed by atoms with Crippen molar-refractivity contribution in [1.82, 2.24) is 4.90 Å². The largest absolute Gasteiger partial charge is 0.392 e. The Morgan fingerprint density at radius 1 is 1.35 bits per heavy atom. The van der Waals surface area contributed by atoms with E-state index in [-0.39, 0.29) is 11.5 Å². The molecule has 0 amide bonds. The standard InChI is InChI=1S/C14H20ClNO/c1-14(2)10-16(8-7-13(14)17)9-11-3-5-12(15)6-4-11/h3-6,13,17H,7-10H2,1-2H3. The maximum Gasteiger partial charge on any atom is 0.0615 e. The summed E-state index contributed by atoms with van der Waals surface area (Å²) >= 11 is 5.87. The highest BCUT2D eigenvalue weighted by atomic mass is 35.5. The lowest BCUT2D eigenvalue weighted by Crippen LogP contribution is -2.48. The minimum atomic E-state index is -0.177. The van der Waals surface area contributed by atoms with Crippen molar-refractivity contribution in [3.8, 4) is 0 Å². The average Bonchev–Trinajstić information content (AvgIpc) is 2.26. The number of hydrogen-bond donors (Lipinski definition) is 1. The summed E-state index contributed by atoms with van der Waals surface area (Å²) in [7, 11) is 0. The minimum Gasteiger partial charge on any atom is -0.392 e. The van der Waals surface area contributed by atoms with Crippen molar-refractivity contribution < 1.29 is 5.11 Å². The molecule has 94 valence electrons. The Morgan fingerprint density at radius 2 is 2.00 bits per heavy atom. The lowest BCUT2D eigenvalue weighted by Gasteiger charge is -2.41. The van der Waals surface area contributed by atoms with Gasteiger partial charge in [0.15, 0.2) is 0 Å². The number of halogens is 1. The average molecular weight is 254 g/mol. The Kier molecular flexibility index (Phi) is 3.76. The Morgan fingerprint density at radius 3 is 2.59 bits per heavy atom. The van der Waals surface area contributed by atoms with Gasteiger partial charge in [-0.05, 0) is 24.1 Å². The SMILES string of the molecule is CC1(C)CN(Cc2ccc(Cl)cc2)CCC1O. The minimum absolute atomic E-state index is 0.00925. The Hall–Kier alpha value is -0.570. The summed E-state index contributed by atoms with van der Waals surface area (Å²) in [5.74, 6) is 0. The molecule has 1 aliphatic rings. The van der Waals surface area contributed by atoms with Crippen molar-refractivity contribution in [3.63, 3.8) is 0 Å². The third-order valence-electron chi connectivity index (χ3n) is 3.57. The van der Waals surface area contributed by atoms with Gasteiger partial charge in [0.1, 0.15) is 0 Å². The highest BCUT2D eigenvalue weighted by Gasteiger charge is 2.34. The highest BCUT2D eigenvalue weighted by Crippen LogP contribution is 2.29. The van der Waals surface area contributed by atoms with E-state index in [0.717, 1.165) is 31.1 Å². The van der Waals surface area contributed by atoms with Crippen LogP contribution in [0.1, 0.15) is 25.8 Å². The van der Waals surface area contributed by atoms with E-state index in [1.54, 1.807) is 0 Å². The number of nitrogens with zero attached hydrogens (tertiary/aromatic N) is 1. The van der Waals surface area contributed by atoms with Crippen LogP contribution in [0.4, 0.5) is 0 Å². The Labute approximate surface area is 108 Å². The fraction of sp³-hybridized carbons (Fsp3) is 0.571. The van der Waals surface area contributed by atoms with E-state index >= 15 is 0 Å². The van der Waals surface area contributed by atoms with E-state index in [1.807, 2.05) is 12.1 Å². The van der Waals surface area contributed by atoms with Crippen LogP contribution < -0.4 is 0 Å². The molecule has 1 fully saturated rings. The van der Waals surface area contributed by atoms with Crippen LogP contribution in [-0.2, 0) is 6.54 Å². The molecule has 0 spiro atoms. The third kappa shape index (κ3) is 3.21. The smallest absolute Gasteiger partial charge is 0.0615 e. The summed E-state index contributed by atoms with van der Waals surface area (Å²) in [5, 5.41) is 10.7. The molecule has 1 atom stereocenters. The van der Waals surface area contributed by atoms with Gasteiger partial charge in [0.2, 0.25) is 0 Å². The first-order chi connectivity index (χ1) is 7.97. The van der Waals surface area contributed by atoms with E-state index in [1.165, 1.54) is 5.56 Å². The maximum atomic E-state index is 9.91. The number of piperidine rings is 1. The summed E-state index contributed by atoms with van der Waals surface area (Å²) in [6, 6.07) is 8.00. The predicted molar refractivity (Wildman–Crippen MR) is 71.1 cm³/mol. The monoisotopic (exact) mass is 253 g/mol. The zero-order valence-corrected chi connectivity index (χ0v) is 11.2. The van der Waals surface area contributed by atoms with Crippen LogP contribution in [0.5, 0.6) is 0 Å². The molecule has 0 radical (unpaired) electrons. The number of aliphatic hydroxyl groups is 1. The van der Waals surface area contributed by atoms with Crippen LogP contribution in [0.2, 0.25) is 5.02 Å². The third-order valence-corrected chi connectivity index (χ3v) is 3.82. The molecule has 1 aromatic carbocycles. The molecule has 1 saturated heterocycles. The van der Waals surface area contributed by atoms with E-state index in [0.29, 0.717) is 0 Å². The summed E-state index contributed by atoms with van der Waals surface area (Å²) in [6.45, 7) is 7.11. The lowest BCUT2D eigenvalue weighted by molar-refractivity contribution is -0.0270. The van der Waals surface area contributed by atoms with Gasteiger partial charge in [-0.15, -0.1) is 0 Å². The van der Waals surface area contributed by atoms with Crippen molar-refractivity contribution in [2.45, 2.75) is 32.9 Å². The van der Waals surface area contributed by atoms with Crippen LogP contribution >= 0.6 is 11.6 Å². The molecule has 1 unspecified atom stereocenters. The number of benzene rings is 1. The molecule has 1 heterocycles. The molecule has 1 N–H and O–H groups in total. The van der Waals surface area contributed by atoms with Crippen LogP contribution in [-0.4, -0.2) is 29.2 Å². The van der Waals surface area contributed by atoms with Gasteiger partial charge in [-0.2, -0.15) is 0 Å². The van der Waals surface area contributed by atoms with Crippen molar-refractivity contribution in [1.29, 1.82) is 0 Å². The Balaban J connectivity index is 1.98. The number of aliphatic hydroxyl groups excluding tert-OH is 1. The van der Waals surface area contributed by atoms with Gasteiger partial charge in [-0.1, -0.05) is 37.6 Å². The summed E-state index contributed by atoms with van der Waals surface area (Å²) < 4.78 is 0. The number of likely N-dealkylation sites (tertiary alicyclic amines) is 1. The molecule has 0 bridgehead atoms. The van der Waals surface area contributed by atoms with Crippen molar-refractivity contribution in [2.24, 2.45) is 5.41 Å². The van der Waals surface area contributed by atoms with Gasteiger partial charge in [0.05, 0.1) is 6.10 Å². The molecule has 17 heavy (non-hydrogen) atoms. The molecular weight excluding hydrogens is 234 g/mol. The van der Waals surface area contributed by atoms with Gasteiger partial charge >= 0.3 is 0 Å². The van der Waals surface area contributed by atoms with Crippen molar-refractivity contribution in [3.05, 3.63) is 34.9 Å². The molecule has 1 aliphatic heterocycles. The first-order valence-electron chi connectivity index (χ1n) is 6.12. The van der Waals surface area contributed by atoms with Gasteiger partial charge < -0.3 is 5.11 Å². The van der Waals surface area contributed by atoms with Gasteiger partial charge in [-0.25, -0.2) is 0 Å². The van der Waals surface area contributed by atoms with E-state index in [4.69, 9.17) is 11.6 Å². The summed E-state index contributed by atoms with van der Waals surface area (Å²) in [4.78, 5) is 2.40. The fourth-order valence-electron chi connectivity index (χ4n) is 2.44. The Bertz CT molecular complexity index is 374. The topological polar surface area (TPSA) is 23.5 Å². The molecule has 2 nitrogen and oxygen atoms in total. The van der Waals surface area contributed by atoms with E-state index in [2.05, 4.69) is 30.9 Å². The lowest BCUT2D eigenvalue weighted by atomic mass is 9.81. The van der Waals surface area contributed by atoms with E-state index in [9.17, 15) is 5.11 Å². The molecule has 2 rings (SSSR count). The first kappa shape index (κ1) is 12.9. The second kappa shape index (κ2) is 4.97. The molecule has 0 saturated carbocycles. The predicted octanol–water partition coefficient (Wildman–Crippen LogP) is 2.93. The second-order valence-corrected chi connectivity index (χ2v) is 6.07. The maximum absolute atomic E-state index is 9.91. The van der Waals surface area contributed by atoms with Crippen LogP contribution in [0.15, 0.2) is 24.3 Å². The molecule has 1 aromatic rings. The highest BCUT2D eigenvalue weighted by molar-refractivity contribution is 6.30. The van der Waals surface area contributed by atoms with Crippen LogP contribution in [0.25, 0.3) is 0 Å². The summed E-state index contributed by atoms with van der Waals surface area (Å²) in [6.07, 6.45) is 0.685. The number of hydrogen-bond acceptors (Lipinski definition) is 2. The van der Waals surface area contributed by atoms with Gasteiger partial charge in [-0.3, -0.25) is 4.90 Å². The molecule has 0 aliphatic carbocycles. The number of rotatable bonds is 2. The normalized spacial score (nSPS) is 24.8. The molecule has 3 heteroatoms. The zero-order chi connectivity index (χ0) is 12.5. The fourth-order valence-corrected chi connectivity index (χ4v) is 2.57. The van der Waals surface area contributed by atoms with Crippen molar-refractivity contribution in [2.75, 3.05) is 13.1 Å². The van der Waals surface area contributed by atoms with Gasteiger partial charge in [0, 0.05) is 30.1 Å². The van der Waals surface area contributed by atoms with Crippen LogP contribution in [0, 0.1) is 5.41 Å². The second-order valence-electron chi connectivity index (χ2n) is 5.63. The van der Waals surface area contributed by atoms with E-state index < -0.39 is 0 Å². The zero-order valence-electron chi connectivity index (χ0n) is 10.5.